The van der Waals surface area contributed by atoms with Crippen molar-refractivity contribution in [2.24, 2.45) is 5.92 Å². The van der Waals surface area contributed by atoms with E-state index in [0.717, 1.165) is 49.8 Å². The number of ether oxygens (including phenoxy) is 1. The minimum Gasteiger partial charge on any atom is -0.489 e. The summed E-state index contributed by atoms with van der Waals surface area (Å²) in [6.45, 7) is 2.35. The summed E-state index contributed by atoms with van der Waals surface area (Å²) in [6, 6.07) is 21.4. The van der Waals surface area contributed by atoms with Gasteiger partial charge in [0.2, 0.25) is 0 Å². The van der Waals surface area contributed by atoms with Crippen LogP contribution >= 0.6 is 0 Å². The second-order valence-electron chi connectivity index (χ2n) is 9.63. The number of benzene rings is 2. The maximum absolute atomic E-state index is 11.2. The third-order valence-corrected chi connectivity index (χ3v) is 7.57. The topological polar surface area (TPSA) is 42.4 Å². The van der Waals surface area contributed by atoms with Gasteiger partial charge in [0, 0.05) is 23.4 Å². The lowest BCUT2D eigenvalue weighted by Gasteiger charge is -2.52. The molecule has 0 saturated heterocycles. The van der Waals surface area contributed by atoms with Crippen LogP contribution < -0.4 is 4.74 Å². The molecular weight excluding hydrogens is 406 g/mol. The van der Waals surface area contributed by atoms with E-state index >= 15 is 0 Å². The number of pyridine rings is 1. The van der Waals surface area contributed by atoms with Crippen molar-refractivity contribution in [2.45, 2.75) is 63.1 Å². The van der Waals surface area contributed by atoms with Gasteiger partial charge in [-0.3, -0.25) is 4.98 Å². The summed E-state index contributed by atoms with van der Waals surface area (Å²) in [6.07, 6.45) is 9.12. The third kappa shape index (κ3) is 4.41. The number of aromatic nitrogens is 1. The van der Waals surface area contributed by atoms with Crippen LogP contribution in [0.3, 0.4) is 0 Å². The van der Waals surface area contributed by atoms with Crippen LogP contribution in [-0.4, -0.2) is 15.7 Å². The average Bonchev–Trinajstić information content (AvgIpc) is 2.84. The molecule has 3 aromatic rings. The largest absolute Gasteiger partial charge is 0.489 e. The molecule has 0 unspecified atom stereocenters. The highest BCUT2D eigenvalue weighted by molar-refractivity contribution is 5.45. The van der Waals surface area contributed by atoms with E-state index in [0.29, 0.717) is 12.5 Å². The van der Waals surface area contributed by atoms with Crippen molar-refractivity contribution in [3.63, 3.8) is 0 Å². The Balaban J connectivity index is 1.47. The zero-order valence-electron chi connectivity index (χ0n) is 19.3. The van der Waals surface area contributed by atoms with E-state index in [1.54, 1.807) is 6.20 Å². The first-order chi connectivity index (χ1) is 16.1. The summed E-state index contributed by atoms with van der Waals surface area (Å²) in [5.74, 6) is 7.41. The maximum atomic E-state index is 11.2. The molecule has 0 amide bonds. The Morgan fingerprint density at radius 3 is 2.70 bits per heavy atom. The quantitative estimate of drug-likeness (QED) is 0.525. The van der Waals surface area contributed by atoms with Crippen molar-refractivity contribution in [3.05, 3.63) is 95.3 Å². The van der Waals surface area contributed by atoms with E-state index in [1.165, 1.54) is 16.7 Å². The summed E-state index contributed by atoms with van der Waals surface area (Å²) in [7, 11) is 0. The van der Waals surface area contributed by atoms with Gasteiger partial charge in [-0.2, -0.15) is 0 Å². The van der Waals surface area contributed by atoms with Crippen LogP contribution in [0, 0.1) is 17.8 Å². The highest BCUT2D eigenvalue weighted by Crippen LogP contribution is 2.54. The fourth-order valence-corrected chi connectivity index (χ4v) is 6.04. The molecule has 2 aliphatic rings. The highest BCUT2D eigenvalue weighted by Gasteiger charge is 2.51. The lowest BCUT2D eigenvalue weighted by atomic mass is 9.52. The first kappa shape index (κ1) is 21.7. The van der Waals surface area contributed by atoms with Crippen LogP contribution in [0.25, 0.3) is 0 Å². The molecule has 3 nitrogen and oxygen atoms in total. The molecule has 1 aromatic heterocycles. The number of nitrogens with zero attached hydrogens (tertiary/aromatic N) is 1. The number of aryl methyl sites for hydroxylation is 1. The van der Waals surface area contributed by atoms with Crippen molar-refractivity contribution >= 4 is 0 Å². The Labute approximate surface area is 196 Å². The molecule has 0 radical (unpaired) electrons. The van der Waals surface area contributed by atoms with Crippen molar-refractivity contribution in [3.8, 4) is 17.6 Å². The number of hydrogen-bond donors (Lipinski definition) is 1. The molecule has 1 saturated carbocycles. The molecule has 0 spiro atoms. The highest BCUT2D eigenvalue weighted by atomic mass is 16.5. The summed E-state index contributed by atoms with van der Waals surface area (Å²) < 4.78 is 6.11. The first-order valence-electron chi connectivity index (χ1n) is 12.0. The predicted octanol–water partition coefficient (Wildman–Crippen LogP) is 5.64. The lowest BCUT2D eigenvalue weighted by Crippen LogP contribution is -2.50. The Kier molecular flexibility index (Phi) is 5.96. The third-order valence-electron chi connectivity index (χ3n) is 7.57. The molecule has 168 valence electrons. The molecule has 1 fully saturated rings. The molecule has 5 rings (SSSR count). The van der Waals surface area contributed by atoms with Crippen LogP contribution in [-0.2, 0) is 24.9 Å². The van der Waals surface area contributed by atoms with Gasteiger partial charge in [0.1, 0.15) is 18.0 Å². The molecule has 1 heterocycles. The summed E-state index contributed by atoms with van der Waals surface area (Å²) in [5, 5.41) is 11.2. The van der Waals surface area contributed by atoms with E-state index in [9.17, 15) is 5.11 Å². The fraction of sp³-hybridized carbons (Fsp3) is 0.367. The van der Waals surface area contributed by atoms with Gasteiger partial charge in [-0.15, -0.1) is 5.92 Å². The molecule has 3 atom stereocenters. The van der Waals surface area contributed by atoms with Gasteiger partial charge in [0.05, 0.1) is 0 Å². The van der Waals surface area contributed by atoms with Crippen molar-refractivity contribution in [1.82, 2.24) is 4.98 Å². The van der Waals surface area contributed by atoms with E-state index in [1.807, 2.05) is 25.3 Å². The Hall–Kier alpha value is -3.09. The van der Waals surface area contributed by atoms with Crippen LogP contribution in [0.1, 0.15) is 54.9 Å². The lowest BCUT2D eigenvalue weighted by molar-refractivity contribution is -0.00805. The fourth-order valence-electron chi connectivity index (χ4n) is 6.04. The second-order valence-corrected chi connectivity index (χ2v) is 9.63. The summed E-state index contributed by atoms with van der Waals surface area (Å²) in [4.78, 5) is 4.18. The normalized spacial score (nSPS) is 25.8. The van der Waals surface area contributed by atoms with Gasteiger partial charge in [-0.1, -0.05) is 48.4 Å². The second kappa shape index (κ2) is 9.04. The van der Waals surface area contributed by atoms with Gasteiger partial charge in [0.15, 0.2) is 0 Å². The standard InChI is InChI=1S/C30H31NO2/c1-2-14-29(32)15-16-30(19-23-7-4-3-5-8-23)26(20-29)11-10-25-18-27(12-13-28(25)30)33-22-24-9-6-17-31-21-24/h3-9,12-13,17-18,21,26,32H,10-11,15-16,19-20,22H2,1H3/t26-,29-,30+/m1/s1. The van der Waals surface area contributed by atoms with Gasteiger partial charge in [-0.25, -0.2) is 0 Å². The van der Waals surface area contributed by atoms with Gasteiger partial charge in [-0.05, 0) is 86.3 Å². The summed E-state index contributed by atoms with van der Waals surface area (Å²) >= 11 is 0. The minimum atomic E-state index is -0.857. The Bertz CT molecular complexity index is 1160. The van der Waals surface area contributed by atoms with E-state index in [4.69, 9.17) is 4.74 Å². The molecule has 3 heteroatoms. The Morgan fingerprint density at radius 1 is 1.06 bits per heavy atom. The average molecular weight is 438 g/mol. The maximum Gasteiger partial charge on any atom is 0.125 e. The molecule has 1 N–H and O–H groups in total. The van der Waals surface area contributed by atoms with Gasteiger partial charge >= 0.3 is 0 Å². The SMILES string of the molecule is CC#C[C@@]1(O)CC[C@@]2(Cc3ccccc3)c3ccc(OCc4cccnc4)cc3CC[C@@H]2C1. The molecule has 2 aliphatic carbocycles. The van der Waals surface area contributed by atoms with Crippen LogP contribution in [0.2, 0.25) is 0 Å². The molecule has 0 aliphatic heterocycles. The monoisotopic (exact) mass is 437 g/mol. The molecular formula is C30H31NO2. The van der Waals surface area contributed by atoms with Crippen LogP contribution in [0.5, 0.6) is 5.75 Å². The summed E-state index contributed by atoms with van der Waals surface area (Å²) in [5.41, 5.74) is 4.42. The van der Waals surface area contributed by atoms with Gasteiger partial charge in [0.25, 0.3) is 0 Å². The van der Waals surface area contributed by atoms with Crippen molar-refractivity contribution in [2.75, 3.05) is 0 Å². The predicted molar refractivity (Wildman–Crippen MR) is 131 cm³/mol. The first-order valence-corrected chi connectivity index (χ1v) is 12.0. The van der Waals surface area contributed by atoms with Crippen LogP contribution in [0.15, 0.2) is 73.1 Å². The van der Waals surface area contributed by atoms with E-state index in [-0.39, 0.29) is 5.41 Å². The van der Waals surface area contributed by atoms with Crippen molar-refractivity contribution < 1.29 is 9.84 Å². The van der Waals surface area contributed by atoms with Crippen LogP contribution in [0.4, 0.5) is 0 Å². The molecule has 2 aromatic carbocycles. The van der Waals surface area contributed by atoms with E-state index in [2.05, 4.69) is 65.4 Å². The smallest absolute Gasteiger partial charge is 0.125 e. The van der Waals surface area contributed by atoms with Crippen molar-refractivity contribution in [1.29, 1.82) is 0 Å². The molecule has 0 bridgehead atoms. The number of hydrogen-bond acceptors (Lipinski definition) is 3. The van der Waals surface area contributed by atoms with E-state index < -0.39 is 5.60 Å². The zero-order valence-corrected chi connectivity index (χ0v) is 19.3. The number of fused-ring (bicyclic) bond motifs is 3. The van der Waals surface area contributed by atoms with Gasteiger partial charge < -0.3 is 9.84 Å². The Morgan fingerprint density at radius 2 is 1.91 bits per heavy atom. The molecule has 33 heavy (non-hydrogen) atoms. The number of rotatable bonds is 5. The minimum absolute atomic E-state index is 0.0263. The zero-order chi connectivity index (χ0) is 22.7. The number of aliphatic hydroxyl groups is 1.